The largest absolute Gasteiger partial charge is 0.355 e. The molecule has 23 heavy (non-hydrogen) atoms. The SMILES string of the molecule is CNC(=O)c1cccc(C(=O)N(CCN(C)C2CC2)C2CC2)c1. The number of hydrogen-bond acceptors (Lipinski definition) is 3. The summed E-state index contributed by atoms with van der Waals surface area (Å²) in [4.78, 5) is 29.0. The van der Waals surface area contributed by atoms with E-state index in [4.69, 9.17) is 0 Å². The van der Waals surface area contributed by atoms with Crippen molar-refractivity contribution in [3.8, 4) is 0 Å². The summed E-state index contributed by atoms with van der Waals surface area (Å²) in [6, 6.07) is 8.09. The van der Waals surface area contributed by atoms with Crippen LogP contribution in [0.1, 0.15) is 46.4 Å². The molecule has 2 aliphatic carbocycles. The lowest BCUT2D eigenvalue weighted by Gasteiger charge is -2.26. The Morgan fingerprint density at radius 1 is 1.09 bits per heavy atom. The number of benzene rings is 1. The summed E-state index contributed by atoms with van der Waals surface area (Å²) in [7, 11) is 3.74. The Morgan fingerprint density at radius 2 is 1.74 bits per heavy atom. The van der Waals surface area contributed by atoms with Crippen molar-refractivity contribution in [3.05, 3.63) is 35.4 Å². The van der Waals surface area contributed by atoms with Gasteiger partial charge in [0.15, 0.2) is 0 Å². The van der Waals surface area contributed by atoms with Gasteiger partial charge < -0.3 is 15.1 Å². The van der Waals surface area contributed by atoms with Crippen LogP contribution in [0.5, 0.6) is 0 Å². The number of carbonyl (C=O) groups is 2. The van der Waals surface area contributed by atoms with E-state index in [0.29, 0.717) is 23.2 Å². The molecule has 124 valence electrons. The standard InChI is InChI=1S/C18H25N3O2/c1-19-17(22)13-4-3-5-14(12-13)18(23)21(16-8-9-16)11-10-20(2)15-6-7-15/h3-5,12,15-16H,6-11H2,1-2H3,(H,19,22). The van der Waals surface area contributed by atoms with Gasteiger partial charge in [-0.3, -0.25) is 9.59 Å². The summed E-state index contributed by atoms with van der Waals surface area (Å²) in [6.45, 7) is 1.68. The lowest BCUT2D eigenvalue weighted by molar-refractivity contribution is 0.0726. The molecule has 5 nitrogen and oxygen atoms in total. The molecule has 1 aromatic rings. The molecule has 0 heterocycles. The minimum atomic E-state index is -0.161. The number of rotatable bonds is 7. The van der Waals surface area contributed by atoms with Gasteiger partial charge in [-0.05, 0) is 50.9 Å². The highest BCUT2D eigenvalue weighted by molar-refractivity contribution is 5.99. The van der Waals surface area contributed by atoms with Crippen molar-refractivity contribution < 1.29 is 9.59 Å². The normalized spacial score (nSPS) is 17.2. The second-order valence-corrected chi connectivity index (χ2v) is 6.60. The van der Waals surface area contributed by atoms with Crippen LogP contribution in [0.4, 0.5) is 0 Å². The lowest BCUT2D eigenvalue weighted by atomic mass is 10.1. The first-order chi connectivity index (χ1) is 11.1. The zero-order valence-corrected chi connectivity index (χ0v) is 13.9. The lowest BCUT2D eigenvalue weighted by Crippen LogP contribution is -2.39. The van der Waals surface area contributed by atoms with Crippen molar-refractivity contribution in [2.45, 2.75) is 37.8 Å². The predicted molar refractivity (Wildman–Crippen MR) is 89.5 cm³/mol. The molecule has 0 atom stereocenters. The van der Waals surface area contributed by atoms with Crippen molar-refractivity contribution in [2.24, 2.45) is 0 Å². The molecule has 5 heteroatoms. The highest BCUT2D eigenvalue weighted by Gasteiger charge is 2.34. The minimum absolute atomic E-state index is 0.0439. The molecule has 0 spiro atoms. The molecule has 0 aliphatic heterocycles. The van der Waals surface area contributed by atoms with Crippen LogP contribution in [-0.2, 0) is 0 Å². The highest BCUT2D eigenvalue weighted by atomic mass is 16.2. The third-order valence-electron chi connectivity index (χ3n) is 4.71. The van der Waals surface area contributed by atoms with Gasteiger partial charge in [-0.15, -0.1) is 0 Å². The van der Waals surface area contributed by atoms with Crippen LogP contribution in [0.25, 0.3) is 0 Å². The van der Waals surface area contributed by atoms with E-state index in [0.717, 1.165) is 25.9 Å². The minimum Gasteiger partial charge on any atom is -0.355 e. The Hall–Kier alpha value is -1.88. The molecule has 1 aromatic carbocycles. The Balaban J connectivity index is 1.69. The summed E-state index contributed by atoms with van der Waals surface area (Å²) in [5, 5.41) is 2.60. The summed E-state index contributed by atoms with van der Waals surface area (Å²) in [5.74, 6) is -0.117. The number of carbonyl (C=O) groups excluding carboxylic acids is 2. The Kier molecular flexibility index (Phi) is 4.66. The number of amides is 2. The monoisotopic (exact) mass is 315 g/mol. The molecule has 1 N–H and O–H groups in total. The fourth-order valence-corrected chi connectivity index (χ4v) is 2.90. The van der Waals surface area contributed by atoms with E-state index in [9.17, 15) is 9.59 Å². The fourth-order valence-electron chi connectivity index (χ4n) is 2.90. The summed E-state index contributed by atoms with van der Waals surface area (Å²) >= 11 is 0. The van der Waals surface area contributed by atoms with E-state index < -0.39 is 0 Å². The van der Waals surface area contributed by atoms with Gasteiger partial charge >= 0.3 is 0 Å². The number of likely N-dealkylation sites (N-methyl/N-ethyl adjacent to an activating group) is 1. The molecule has 2 aliphatic rings. The van der Waals surface area contributed by atoms with Crippen LogP contribution < -0.4 is 5.32 Å². The van der Waals surface area contributed by atoms with Gasteiger partial charge in [0.2, 0.25) is 0 Å². The highest BCUT2D eigenvalue weighted by Crippen LogP contribution is 2.29. The molecule has 0 saturated heterocycles. The van der Waals surface area contributed by atoms with Crippen molar-refractivity contribution >= 4 is 11.8 Å². The molecule has 0 radical (unpaired) electrons. The smallest absolute Gasteiger partial charge is 0.254 e. The number of nitrogens with one attached hydrogen (secondary N) is 1. The third kappa shape index (κ3) is 3.91. The fraction of sp³-hybridized carbons (Fsp3) is 0.556. The third-order valence-corrected chi connectivity index (χ3v) is 4.71. The van der Waals surface area contributed by atoms with Gasteiger partial charge in [0.1, 0.15) is 0 Å². The van der Waals surface area contributed by atoms with Crippen LogP contribution in [0, 0.1) is 0 Å². The van der Waals surface area contributed by atoms with Crippen molar-refractivity contribution in [1.82, 2.24) is 15.1 Å². The van der Waals surface area contributed by atoms with Gasteiger partial charge in [0, 0.05) is 43.3 Å². The summed E-state index contributed by atoms with van der Waals surface area (Å²) in [6.07, 6.45) is 4.74. The van der Waals surface area contributed by atoms with Gasteiger partial charge in [-0.25, -0.2) is 0 Å². The molecule has 3 rings (SSSR count). The van der Waals surface area contributed by atoms with Gasteiger partial charge in [0.25, 0.3) is 11.8 Å². The zero-order valence-electron chi connectivity index (χ0n) is 13.9. The molecule has 0 bridgehead atoms. The average molecular weight is 315 g/mol. The number of hydrogen-bond donors (Lipinski definition) is 1. The molecular formula is C18H25N3O2. The van der Waals surface area contributed by atoms with Crippen LogP contribution in [-0.4, -0.2) is 60.9 Å². The second-order valence-electron chi connectivity index (χ2n) is 6.60. The van der Waals surface area contributed by atoms with Crippen LogP contribution in [0.3, 0.4) is 0 Å². The Labute approximate surface area is 137 Å². The Bertz CT molecular complexity index is 594. The van der Waals surface area contributed by atoms with Crippen molar-refractivity contribution in [1.29, 1.82) is 0 Å². The predicted octanol–water partition coefficient (Wildman–Crippen LogP) is 1.74. The number of nitrogens with zero attached hydrogens (tertiary/aromatic N) is 2. The second kappa shape index (κ2) is 6.71. The van der Waals surface area contributed by atoms with Crippen LogP contribution in [0.2, 0.25) is 0 Å². The topological polar surface area (TPSA) is 52.7 Å². The van der Waals surface area contributed by atoms with E-state index in [2.05, 4.69) is 17.3 Å². The maximum absolute atomic E-state index is 12.9. The first-order valence-corrected chi connectivity index (χ1v) is 8.43. The summed E-state index contributed by atoms with van der Waals surface area (Å²) in [5.41, 5.74) is 1.14. The van der Waals surface area contributed by atoms with E-state index in [-0.39, 0.29) is 11.8 Å². The zero-order chi connectivity index (χ0) is 16.4. The Morgan fingerprint density at radius 3 is 2.35 bits per heavy atom. The van der Waals surface area contributed by atoms with E-state index >= 15 is 0 Å². The quantitative estimate of drug-likeness (QED) is 0.834. The van der Waals surface area contributed by atoms with Gasteiger partial charge in [0.05, 0.1) is 0 Å². The molecule has 2 fully saturated rings. The first-order valence-electron chi connectivity index (χ1n) is 8.43. The molecular weight excluding hydrogens is 290 g/mol. The van der Waals surface area contributed by atoms with E-state index in [1.165, 1.54) is 12.8 Å². The van der Waals surface area contributed by atoms with Gasteiger partial charge in [-0.2, -0.15) is 0 Å². The average Bonchev–Trinajstić information content (AvgIpc) is 3.46. The van der Waals surface area contributed by atoms with Gasteiger partial charge in [-0.1, -0.05) is 6.07 Å². The molecule has 0 aromatic heterocycles. The van der Waals surface area contributed by atoms with Crippen molar-refractivity contribution in [2.75, 3.05) is 27.2 Å². The first kappa shape index (κ1) is 16.0. The van der Waals surface area contributed by atoms with Crippen LogP contribution >= 0.6 is 0 Å². The molecule has 0 unspecified atom stereocenters. The van der Waals surface area contributed by atoms with Crippen molar-refractivity contribution in [3.63, 3.8) is 0 Å². The maximum atomic E-state index is 12.9. The van der Waals surface area contributed by atoms with Crippen LogP contribution in [0.15, 0.2) is 24.3 Å². The summed E-state index contributed by atoms with van der Waals surface area (Å²) < 4.78 is 0. The molecule has 2 saturated carbocycles. The van der Waals surface area contributed by atoms with E-state index in [1.807, 2.05) is 4.90 Å². The maximum Gasteiger partial charge on any atom is 0.254 e. The van der Waals surface area contributed by atoms with E-state index in [1.54, 1.807) is 31.3 Å². The molecule has 2 amide bonds.